The number of hydrogen-bond donors (Lipinski definition) is 2. The molecule has 0 aliphatic heterocycles. The number of phenolic OH excluding ortho intramolecular Hbond substituents is 1. The zero-order valence-corrected chi connectivity index (χ0v) is 12.0. The van der Waals surface area contributed by atoms with Crippen LogP contribution in [0.3, 0.4) is 0 Å². The van der Waals surface area contributed by atoms with Crippen LogP contribution in [0.4, 0.5) is 5.69 Å². The molecular weight excluding hydrogens is 274 g/mol. The fourth-order valence-electron chi connectivity index (χ4n) is 1.56. The second-order valence-corrected chi connectivity index (χ2v) is 5.66. The number of aromatic nitrogens is 2. The Bertz CT molecular complexity index is 619. The minimum atomic E-state index is -0.299. The molecule has 1 aromatic heterocycles. The molecule has 20 heavy (non-hydrogen) atoms. The summed E-state index contributed by atoms with van der Waals surface area (Å²) < 4.78 is 0. The van der Waals surface area contributed by atoms with E-state index in [1.54, 1.807) is 25.1 Å². The van der Waals surface area contributed by atoms with Crippen molar-refractivity contribution in [3.05, 3.63) is 42.4 Å². The Morgan fingerprint density at radius 3 is 2.85 bits per heavy atom. The van der Waals surface area contributed by atoms with Crippen molar-refractivity contribution >= 4 is 23.4 Å². The van der Waals surface area contributed by atoms with E-state index < -0.39 is 0 Å². The van der Waals surface area contributed by atoms with Crippen molar-refractivity contribution in [2.45, 2.75) is 24.1 Å². The van der Waals surface area contributed by atoms with Crippen molar-refractivity contribution < 1.29 is 9.90 Å². The van der Waals surface area contributed by atoms with E-state index in [-0.39, 0.29) is 16.9 Å². The number of nitrogens with zero attached hydrogens (tertiary/aromatic N) is 2. The molecule has 6 heteroatoms. The highest BCUT2D eigenvalue weighted by atomic mass is 32.2. The molecular formula is C14H15N3O2S. The van der Waals surface area contributed by atoms with Gasteiger partial charge < -0.3 is 10.4 Å². The molecule has 0 aliphatic carbocycles. The maximum Gasteiger partial charge on any atom is 0.237 e. The Morgan fingerprint density at radius 2 is 2.15 bits per heavy atom. The van der Waals surface area contributed by atoms with E-state index >= 15 is 0 Å². The number of aryl methyl sites for hydroxylation is 1. The summed E-state index contributed by atoms with van der Waals surface area (Å²) in [6, 6.07) is 8.30. The van der Waals surface area contributed by atoms with Crippen molar-refractivity contribution in [2.24, 2.45) is 0 Å². The average Bonchev–Trinajstić information content (AvgIpc) is 2.38. The first-order chi connectivity index (χ1) is 9.54. The highest BCUT2D eigenvalue weighted by Gasteiger charge is 2.15. The molecule has 2 aromatic rings. The number of carbonyl (C=O) groups excluding carboxylic acids is 1. The molecule has 2 N–H and O–H groups in total. The molecule has 104 valence electrons. The molecule has 5 nitrogen and oxygen atoms in total. The number of hydrogen-bond acceptors (Lipinski definition) is 5. The van der Waals surface area contributed by atoms with Crippen LogP contribution in [0.2, 0.25) is 0 Å². The molecule has 1 amide bonds. The van der Waals surface area contributed by atoms with E-state index in [1.807, 2.05) is 13.0 Å². The standard InChI is InChI=1S/C14H15N3O2S/c1-9-6-13(16-8-15-9)20-10(2)14(19)17-11-4-3-5-12(18)7-11/h3-8,10,18H,1-2H3,(H,17,19). The van der Waals surface area contributed by atoms with Crippen LogP contribution in [0.5, 0.6) is 5.75 Å². The first kappa shape index (κ1) is 14.3. The van der Waals surface area contributed by atoms with E-state index in [9.17, 15) is 9.90 Å². The first-order valence-corrected chi connectivity index (χ1v) is 6.98. The van der Waals surface area contributed by atoms with Gasteiger partial charge in [0.1, 0.15) is 17.1 Å². The summed E-state index contributed by atoms with van der Waals surface area (Å²) in [4.78, 5) is 20.2. The molecule has 1 aromatic carbocycles. The normalized spacial score (nSPS) is 11.9. The summed E-state index contributed by atoms with van der Waals surface area (Å²) >= 11 is 1.36. The SMILES string of the molecule is Cc1cc(SC(C)C(=O)Nc2cccc(O)c2)ncn1. The number of nitrogens with one attached hydrogen (secondary N) is 1. The van der Waals surface area contributed by atoms with Crippen molar-refractivity contribution in [3.8, 4) is 5.75 Å². The van der Waals surface area contributed by atoms with Crippen LogP contribution in [0, 0.1) is 6.92 Å². The van der Waals surface area contributed by atoms with E-state index in [2.05, 4.69) is 15.3 Å². The van der Waals surface area contributed by atoms with Crippen LogP contribution in [0.25, 0.3) is 0 Å². The number of thioether (sulfide) groups is 1. The molecule has 2 rings (SSSR count). The fourth-order valence-corrected chi connectivity index (χ4v) is 2.43. The summed E-state index contributed by atoms with van der Waals surface area (Å²) in [5.41, 5.74) is 1.43. The van der Waals surface area contributed by atoms with Gasteiger partial charge in [-0.3, -0.25) is 4.79 Å². The monoisotopic (exact) mass is 289 g/mol. The van der Waals surface area contributed by atoms with Crippen molar-refractivity contribution in [1.82, 2.24) is 9.97 Å². The van der Waals surface area contributed by atoms with Gasteiger partial charge in [-0.25, -0.2) is 9.97 Å². The Hall–Kier alpha value is -2.08. The predicted octanol–water partition coefficient (Wildman–Crippen LogP) is 2.61. The minimum absolute atomic E-state index is 0.120. The number of anilines is 1. The third-order valence-electron chi connectivity index (χ3n) is 2.56. The highest BCUT2D eigenvalue weighted by Crippen LogP contribution is 2.23. The van der Waals surface area contributed by atoms with E-state index in [0.29, 0.717) is 5.69 Å². The van der Waals surface area contributed by atoms with E-state index in [4.69, 9.17) is 0 Å². The molecule has 0 radical (unpaired) electrons. The van der Waals surface area contributed by atoms with Gasteiger partial charge in [0.2, 0.25) is 5.91 Å². The highest BCUT2D eigenvalue weighted by molar-refractivity contribution is 8.00. The lowest BCUT2D eigenvalue weighted by atomic mass is 10.3. The zero-order valence-electron chi connectivity index (χ0n) is 11.2. The lowest BCUT2D eigenvalue weighted by Crippen LogP contribution is -2.22. The number of benzene rings is 1. The molecule has 0 aliphatic rings. The number of carbonyl (C=O) groups is 1. The third-order valence-corrected chi connectivity index (χ3v) is 3.59. The second kappa shape index (κ2) is 6.38. The van der Waals surface area contributed by atoms with Gasteiger partial charge >= 0.3 is 0 Å². The summed E-state index contributed by atoms with van der Waals surface area (Å²) in [5, 5.41) is 12.6. The van der Waals surface area contributed by atoms with E-state index in [0.717, 1.165) is 10.7 Å². The Labute approximate surface area is 121 Å². The van der Waals surface area contributed by atoms with Crippen molar-refractivity contribution in [1.29, 1.82) is 0 Å². The second-order valence-electron chi connectivity index (χ2n) is 4.30. The molecule has 1 heterocycles. The largest absolute Gasteiger partial charge is 0.508 e. The lowest BCUT2D eigenvalue weighted by Gasteiger charge is -2.11. The number of phenols is 1. The number of aromatic hydroxyl groups is 1. The molecule has 0 saturated carbocycles. The summed E-state index contributed by atoms with van der Waals surface area (Å²) in [6.45, 7) is 3.68. The van der Waals surface area contributed by atoms with Crippen LogP contribution in [-0.4, -0.2) is 26.2 Å². The minimum Gasteiger partial charge on any atom is -0.508 e. The summed E-state index contributed by atoms with van der Waals surface area (Å²) in [5.74, 6) is -0.0219. The Morgan fingerprint density at radius 1 is 1.35 bits per heavy atom. The first-order valence-electron chi connectivity index (χ1n) is 6.10. The molecule has 0 bridgehead atoms. The topological polar surface area (TPSA) is 75.1 Å². The zero-order chi connectivity index (χ0) is 14.5. The third kappa shape index (κ3) is 3.96. The van der Waals surface area contributed by atoms with Gasteiger partial charge in [0.15, 0.2) is 0 Å². The van der Waals surface area contributed by atoms with Crippen molar-refractivity contribution in [2.75, 3.05) is 5.32 Å². The average molecular weight is 289 g/mol. The Balaban J connectivity index is 1.98. The molecule has 1 unspecified atom stereocenters. The van der Waals surface area contributed by atoms with Crippen molar-refractivity contribution in [3.63, 3.8) is 0 Å². The van der Waals surface area contributed by atoms with Gasteiger partial charge in [0.25, 0.3) is 0 Å². The van der Waals surface area contributed by atoms with Gasteiger partial charge in [-0.15, -0.1) is 0 Å². The van der Waals surface area contributed by atoms with Gasteiger partial charge in [0, 0.05) is 17.4 Å². The van der Waals surface area contributed by atoms with Gasteiger partial charge in [-0.2, -0.15) is 0 Å². The van der Waals surface area contributed by atoms with Crippen LogP contribution in [-0.2, 0) is 4.79 Å². The lowest BCUT2D eigenvalue weighted by molar-refractivity contribution is -0.115. The van der Waals surface area contributed by atoms with E-state index in [1.165, 1.54) is 24.2 Å². The van der Waals surface area contributed by atoms with Crippen LogP contribution >= 0.6 is 11.8 Å². The summed E-state index contributed by atoms with van der Waals surface area (Å²) in [7, 11) is 0. The van der Waals surface area contributed by atoms with Gasteiger partial charge in [0.05, 0.1) is 5.25 Å². The van der Waals surface area contributed by atoms with Crippen LogP contribution in [0.15, 0.2) is 41.7 Å². The van der Waals surface area contributed by atoms with Crippen LogP contribution < -0.4 is 5.32 Å². The van der Waals surface area contributed by atoms with Gasteiger partial charge in [-0.05, 0) is 32.0 Å². The predicted molar refractivity (Wildman–Crippen MR) is 78.8 cm³/mol. The molecule has 0 fully saturated rings. The van der Waals surface area contributed by atoms with Gasteiger partial charge in [-0.1, -0.05) is 17.8 Å². The summed E-state index contributed by atoms with van der Waals surface area (Å²) in [6.07, 6.45) is 1.48. The Kier molecular flexibility index (Phi) is 4.57. The number of rotatable bonds is 4. The fraction of sp³-hybridized carbons (Fsp3) is 0.214. The quantitative estimate of drug-likeness (QED) is 0.668. The number of amides is 1. The molecule has 1 atom stereocenters. The maximum atomic E-state index is 12.1. The van der Waals surface area contributed by atoms with Crippen LogP contribution in [0.1, 0.15) is 12.6 Å². The maximum absolute atomic E-state index is 12.1. The molecule has 0 saturated heterocycles. The smallest absolute Gasteiger partial charge is 0.237 e. The molecule has 0 spiro atoms.